The SMILES string of the molecule is NC(=O)CN1CC2(CCC1=O)CCN(C(=O)c1ccc3cc[nH]c3c1)CC2. The Balaban J connectivity index is 1.42. The molecule has 7 nitrogen and oxygen atoms in total. The van der Waals surface area contributed by atoms with Crippen molar-refractivity contribution in [1.29, 1.82) is 0 Å². The van der Waals surface area contributed by atoms with Gasteiger partial charge in [0.1, 0.15) is 0 Å². The van der Waals surface area contributed by atoms with Crippen molar-refractivity contribution in [3.63, 3.8) is 0 Å². The average molecular weight is 368 g/mol. The smallest absolute Gasteiger partial charge is 0.253 e. The van der Waals surface area contributed by atoms with Gasteiger partial charge in [-0.15, -0.1) is 0 Å². The van der Waals surface area contributed by atoms with Gasteiger partial charge in [0.15, 0.2) is 0 Å². The van der Waals surface area contributed by atoms with Crippen molar-refractivity contribution in [3.05, 3.63) is 36.0 Å². The van der Waals surface area contributed by atoms with Crippen molar-refractivity contribution in [2.75, 3.05) is 26.2 Å². The summed E-state index contributed by atoms with van der Waals surface area (Å²) in [5, 5.41) is 1.09. The number of likely N-dealkylation sites (tertiary alicyclic amines) is 2. The normalized spacial score (nSPS) is 19.6. The number of rotatable bonds is 3. The minimum absolute atomic E-state index is 0.00261. The van der Waals surface area contributed by atoms with Crippen LogP contribution >= 0.6 is 0 Å². The Morgan fingerprint density at radius 2 is 1.93 bits per heavy atom. The molecule has 1 spiro atoms. The van der Waals surface area contributed by atoms with E-state index in [1.54, 1.807) is 4.90 Å². The maximum atomic E-state index is 12.9. The highest BCUT2D eigenvalue weighted by Crippen LogP contribution is 2.40. The zero-order valence-electron chi connectivity index (χ0n) is 15.2. The van der Waals surface area contributed by atoms with Crippen LogP contribution in [0.15, 0.2) is 30.5 Å². The molecule has 2 fully saturated rings. The largest absolute Gasteiger partial charge is 0.368 e. The second-order valence-corrected chi connectivity index (χ2v) is 7.79. The Labute approximate surface area is 157 Å². The Hall–Kier alpha value is -2.83. The first-order chi connectivity index (χ1) is 13.0. The van der Waals surface area contributed by atoms with Gasteiger partial charge in [-0.1, -0.05) is 6.07 Å². The molecule has 3 heterocycles. The summed E-state index contributed by atoms with van der Waals surface area (Å²) in [6.45, 7) is 1.88. The summed E-state index contributed by atoms with van der Waals surface area (Å²) in [5.74, 6) is -0.438. The van der Waals surface area contributed by atoms with E-state index in [2.05, 4.69) is 4.98 Å². The number of benzene rings is 1. The van der Waals surface area contributed by atoms with E-state index < -0.39 is 5.91 Å². The molecule has 0 radical (unpaired) electrons. The molecule has 142 valence electrons. The highest BCUT2D eigenvalue weighted by molar-refractivity contribution is 5.98. The molecule has 2 aromatic rings. The van der Waals surface area contributed by atoms with Gasteiger partial charge in [0, 0.05) is 43.3 Å². The van der Waals surface area contributed by atoms with Gasteiger partial charge in [0.2, 0.25) is 11.8 Å². The third-order valence-electron chi connectivity index (χ3n) is 6.01. The number of carbonyl (C=O) groups is 3. The van der Waals surface area contributed by atoms with Crippen LogP contribution in [-0.4, -0.2) is 58.7 Å². The van der Waals surface area contributed by atoms with Crippen LogP contribution in [0.2, 0.25) is 0 Å². The lowest BCUT2D eigenvalue weighted by molar-refractivity contribution is -0.142. The van der Waals surface area contributed by atoms with Gasteiger partial charge >= 0.3 is 0 Å². The number of nitrogens with two attached hydrogens (primary N) is 1. The van der Waals surface area contributed by atoms with Crippen LogP contribution in [0.5, 0.6) is 0 Å². The summed E-state index contributed by atoms with van der Waals surface area (Å²) < 4.78 is 0. The van der Waals surface area contributed by atoms with Crippen LogP contribution in [0.25, 0.3) is 10.9 Å². The van der Waals surface area contributed by atoms with E-state index in [0.29, 0.717) is 31.6 Å². The number of carbonyl (C=O) groups excluding carboxylic acids is 3. The van der Waals surface area contributed by atoms with Crippen molar-refractivity contribution >= 4 is 28.6 Å². The van der Waals surface area contributed by atoms with Gasteiger partial charge in [0.25, 0.3) is 5.91 Å². The van der Waals surface area contributed by atoms with E-state index >= 15 is 0 Å². The monoisotopic (exact) mass is 368 g/mol. The number of nitrogens with one attached hydrogen (secondary N) is 1. The molecule has 0 saturated carbocycles. The van der Waals surface area contributed by atoms with Crippen LogP contribution in [0.1, 0.15) is 36.0 Å². The zero-order valence-corrected chi connectivity index (χ0v) is 15.2. The molecule has 2 saturated heterocycles. The van der Waals surface area contributed by atoms with E-state index in [1.807, 2.05) is 35.4 Å². The molecule has 4 rings (SSSR count). The van der Waals surface area contributed by atoms with Crippen LogP contribution in [-0.2, 0) is 9.59 Å². The fourth-order valence-electron chi connectivity index (χ4n) is 4.39. The van der Waals surface area contributed by atoms with E-state index in [1.165, 1.54) is 0 Å². The maximum Gasteiger partial charge on any atom is 0.253 e. The van der Waals surface area contributed by atoms with Crippen LogP contribution < -0.4 is 5.73 Å². The molecule has 0 aliphatic carbocycles. The van der Waals surface area contributed by atoms with E-state index in [4.69, 9.17) is 5.73 Å². The number of fused-ring (bicyclic) bond motifs is 1. The fourth-order valence-corrected chi connectivity index (χ4v) is 4.39. The fraction of sp³-hybridized carbons (Fsp3) is 0.450. The van der Waals surface area contributed by atoms with Crippen molar-refractivity contribution in [3.8, 4) is 0 Å². The number of hydrogen-bond acceptors (Lipinski definition) is 3. The first-order valence-electron chi connectivity index (χ1n) is 9.38. The molecule has 3 amide bonds. The molecule has 1 aromatic carbocycles. The summed E-state index contributed by atoms with van der Waals surface area (Å²) >= 11 is 0. The first kappa shape index (κ1) is 17.6. The van der Waals surface area contributed by atoms with Gasteiger partial charge in [-0.3, -0.25) is 14.4 Å². The average Bonchev–Trinajstić information content (AvgIpc) is 3.12. The number of primary amides is 1. The quantitative estimate of drug-likeness (QED) is 0.859. The Bertz CT molecular complexity index is 896. The molecule has 0 unspecified atom stereocenters. The predicted molar refractivity (Wildman–Crippen MR) is 101 cm³/mol. The molecule has 0 atom stereocenters. The van der Waals surface area contributed by atoms with Crippen molar-refractivity contribution in [1.82, 2.24) is 14.8 Å². The van der Waals surface area contributed by atoms with Gasteiger partial charge in [-0.2, -0.15) is 0 Å². The molecule has 27 heavy (non-hydrogen) atoms. The standard InChI is InChI=1S/C20H24N4O3/c21-17(25)12-24-13-20(5-3-18(24)26)6-9-23(10-7-20)19(27)15-2-1-14-4-8-22-16(14)11-15/h1-2,4,8,11,22H,3,5-7,9-10,12-13H2,(H2,21,25). The summed E-state index contributed by atoms with van der Waals surface area (Å²) in [6.07, 6.45) is 4.81. The second kappa shape index (κ2) is 6.72. The van der Waals surface area contributed by atoms with Gasteiger partial charge in [0.05, 0.1) is 6.54 Å². The molecular formula is C20H24N4O3. The van der Waals surface area contributed by atoms with Crippen LogP contribution in [0, 0.1) is 5.41 Å². The van der Waals surface area contributed by atoms with E-state index in [-0.39, 0.29) is 23.8 Å². The molecule has 0 bridgehead atoms. The number of H-pyrrole nitrogens is 1. The molecular weight excluding hydrogens is 344 g/mol. The molecule has 7 heteroatoms. The van der Waals surface area contributed by atoms with E-state index in [0.717, 1.165) is 30.2 Å². The molecule has 2 aliphatic heterocycles. The maximum absolute atomic E-state index is 12.9. The number of aromatic amines is 1. The van der Waals surface area contributed by atoms with Crippen molar-refractivity contribution in [2.45, 2.75) is 25.7 Å². The summed E-state index contributed by atoms with van der Waals surface area (Å²) in [6, 6.07) is 7.71. The number of aromatic nitrogens is 1. The predicted octanol–water partition coefficient (Wildman–Crippen LogP) is 1.50. The molecule has 1 aromatic heterocycles. The number of amides is 3. The summed E-state index contributed by atoms with van der Waals surface area (Å²) in [5.41, 5.74) is 6.91. The highest BCUT2D eigenvalue weighted by atomic mass is 16.2. The highest BCUT2D eigenvalue weighted by Gasteiger charge is 2.42. The second-order valence-electron chi connectivity index (χ2n) is 7.79. The minimum atomic E-state index is -0.479. The van der Waals surface area contributed by atoms with Crippen LogP contribution in [0.3, 0.4) is 0 Å². The van der Waals surface area contributed by atoms with E-state index in [9.17, 15) is 14.4 Å². The third kappa shape index (κ3) is 3.41. The Kier molecular flexibility index (Phi) is 4.37. The van der Waals surface area contributed by atoms with Gasteiger partial charge in [-0.05, 0) is 48.3 Å². The van der Waals surface area contributed by atoms with Gasteiger partial charge in [-0.25, -0.2) is 0 Å². The number of nitrogens with zero attached hydrogens (tertiary/aromatic N) is 2. The first-order valence-corrected chi connectivity index (χ1v) is 9.38. The molecule has 3 N–H and O–H groups in total. The lowest BCUT2D eigenvalue weighted by atomic mass is 9.72. The Morgan fingerprint density at radius 1 is 1.15 bits per heavy atom. The van der Waals surface area contributed by atoms with Crippen LogP contribution in [0.4, 0.5) is 0 Å². The lowest BCUT2D eigenvalue weighted by Crippen LogP contribution is -2.53. The topological polar surface area (TPSA) is 99.5 Å². The Morgan fingerprint density at radius 3 is 2.67 bits per heavy atom. The number of hydrogen-bond donors (Lipinski definition) is 2. The zero-order chi connectivity index (χ0) is 19.0. The molecule has 2 aliphatic rings. The van der Waals surface area contributed by atoms with Gasteiger partial charge < -0.3 is 20.5 Å². The van der Waals surface area contributed by atoms with Crippen molar-refractivity contribution in [2.24, 2.45) is 11.1 Å². The minimum Gasteiger partial charge on any atom is -0.368 e. The van der Waals surface area contributed by atoms with Crippen molar-refractivity contribution < 1.29 is 14.4 Å². The third-order valence-corrected chi connectivity index (χ3v) is 6.01. The summed E-state index contributed by atoms with van der Waals surface area (Å²) in [7, 11) is 0. The summed E-state index contributed by atoms with van der Waals surface area (Å²) in [4.78, 5) is 42.8. The number of piperidine rings is 2. The lowest BCUT2D eigenvalue weighted by Gasteiger charge is -2.47.